The van der Waals surface area contributed by atoms with Gasteiger partial charge in [0, 0.05) is 25.5 Å². The highest BCUT2D eigenvalue weighted by molar-refractivity contribution is 4.89. The van der Waals surface area contributed by atoms with Gasteiger partial charge in [-0.1, -0.05) is 0 Å². The molecule has 0 aliphatic heterocycles. The van der Waals surface area contributed by atoms with Gasteiger partial charge in [-0.2, -0.15) is 13.2 Å². The topological polar surface area (TPSA) is 47.3 Å². The number of nitrogens with zero attached hydrogens (tertiary/aromatic N) is 2. The molecule has 0 atom stereocenters. The van der Waals surface area contributed by atoms with Gasteiger partial charge < -0.3 is 14.4 Å². The van der Waals surface area contributed by atoms with Crippen LogP contribution >= 0.6 is 0 Å². The lowest BCUT2D eigenvalue weighted by atomic mass is 10.4. The van der Waals surface area contributed by atoms with Crippen LogP contribution in [0.15, 0.2) is 12.4 Å². The van der Waals surface area contributed by atoms with Gasteiger partial charge in [0.15, 0.2) is 0 Å². The number of aromatic nitrogens is 2. The predicted molar refractivity (Wildman–Crippen MR) is 49.6 cm³/mol. The van der Waals surface area contributed by atoms with E-state index >= 15 is 0 Å². The Balaban J connectivity index is 2.16. The van der Waals surface area contributed by atoms with Crippen molar-refractivity contribution in [2.45, 2.75) is 25.7 Å². The Morgan fingerprint density at radius 1 is 1.44 bits per heavy atom. The van der Waals surface area contributed by atoms with Crippen LogP contribution in [0.25, 0.3) is 0 Å². The molecule has 1 aromatic rings. The molecule has 0 spiro atoms. The number of aryl methyl sites for hydroxylation is 1. The fraction of sp³-hybridized carbons (Fsp3) is 0.667. The number of imidazole rings is 1. The Kier molecular flexibility index (Phi) is 4.75. The van der Waals surface area contributed by atoms with E-state index in [1.165, 1.54) is 6.20 Å². The lowest BCUT2D eigenvalue weighted by Crippen LogP contribution is -2.18. The second kappa shape index (κ2) is 5.86. The summed E-state index contributed by atoms with van der Waals surface area (Å²) in [4.78, 5) is 3.86. The van der Waals surface area contributed by atoms with Gasteiger partial charge in [0.25, 0.3) is 0 Å². The predicted octanol–water partition coefficient (Wildman–Crippen LogP) is 1.34. The molecule has 0 aromatic carbocycles. The molecule has 1 rings (SSSR count). The highest BCUT2D eigenvalue weighted by atomic mass is 19.4. The molecular weight excluding hydrogens is 225 g/mol. The van der Waals surface area contributed by atoms with Crippen molar-refractivity contribution in [2.24, 2.45) is 0 Å². The number of ether oxygens (including phenoxy) is 1. The maximum atomic E-state index is 11.7. The Bertz CT molecular complexity index is 312. The fourth-order valence-corrected chi connectivity index (χ4v) is 1.22. The molecule has 1 aromatic heterocycles. The van der Waals surface area contributed by atoms with Crippen molar-refractivity contribution in [1.29, 1.82) is 0 Å². The molecule has 0 aliphatic rings. The van der Waals surface area contributed by atoms with Crippen LogP contribution in [0.3, 0.4) is 0 Å². The third-order valence-corrected chi connectivity index (χ3v) is 1.90. The lowest BCUT2D eigenvalue weighted by molar-refractivity contribution is -0.174. The van der Waals surface area contributed by atoms with Gasteiger partial charge in [-0.25, -0.2) is 4.98 Å². The average Bonchev–Trinajstić information content (AvgIpc) is 2.63. The standard InChI is InChI=1S/C9H13F3N2O2/c10-9(11,12)7-16-5-1-3-14-4-2-13-8(14)6-15/h2,4,15H,1,3,5-7H2. The summed E-state index contributed by atoms with van der Waals surface area (Å²) in [5, 5.41) is 8.85. The maximum absolute atomic E-state index is 11.7. The second-order valence-electron chi connectivity index (χ2n) is 3.22. The molecule has 1 N–H and O–H groups in total. The number of aliphatic hydroxyl groups is 1. The van der Waals surface area contributed by atoms with Crippen LogP contribution in [0.4, 0.5) is 13.2 Å². The molecule has 0 amide bonds. The lowest BCUT2D eigenvalue weighted by Gasteiger charge is -2.08. The smallest absolute Gasteiger partial charge is 0.388 e. The van der Waals surface area contributed by atoms with Crippen LogP contribution in [0.1, 0.15) is 12.2 Å². The van der Waals surface area contributed by atoms with Gasteiger partial charge in [0.1, 0.15) is 19.0 Å². The van der Waals surface area contributed by atoms with Gasteiger partial charge in [-0.05, 0) is 6.42 Å². The van der Waals surface area contributed by atoms with Crippen molar-refractivity contribution in [2.75, 3.05) is 13.2 Å². The van der Waals surface area contributed by atoms with Gasteiger partial charge in [-0.3, -0.25) is 0 Å². The Morgan fingerprint density at radius 3 is 2.81 bits per heavy atom. The Morgan fingerprint density at radius 2 is 2.19 bits per heavy atom. The molecule has 92 valence electrons. The van der Waals surface area contributed by atoms with Crippen LogP contribution in [0.5, 0.6) is 0 Å². The summed E-state index contributed by atoms with van der Waals surface area (Å²) in [5.74, 6) is 0.496. The molecule has 7 heteroatoms. The highest BCUT2D eigenvalue weighted by Crippen LogP contribution is 2.14. The largest absolute Gasteiger partial charge is 0.411 e. The van der Waals surface area contributed by atoms with E-state index in [9.17, 15) is 13.2 Å². The first-order valence-electron chi connectivity index (χ1n) is 4.78. The van der Waals surface area contributed by atoms with Gasteiger partial charge in [-0.15, -0.1) is 0 Å². The number of hydrogen-bond donors (Lipinski definition) is 1. The minimum atomic E-state index is -4.27. The summed E-state index contributed by atoms with van der Waals surface area (Å²) in [5.41, 5.74) is 0. The van der Waals surface area contributed by atoms with E-state index in [0.717, 1.165) is 0 Å². The van der Waals surface area contributed by atoms with Crippen LogP contribution < -0.4 is 0 Å². The summed E-state index contributed by atoms with van der Waals surface area (Å²) in [6, 6.07) is 0. The number of rotatable bonds is 6. The minimum absolute atomic E-state index is 0.0303. The highest BCUT2D eigenvalue weighted by Gasteiger charge is 2.27. The van der Waals surface area contributed by atoms with Gasteiger partial charge >= 0.3 is 6.18 Å². The van der Waals surface area contributed by atoms with E-state index in [0.29, 0.717) is 18.8 Å². The molecule has 0 saturated carbocycles. The van der Waals surface area contributed by atoms with Gasteiger partial charge in [0.05, 0.1) is 0 Å². The van der Waals surface area contributed by atoms with E-state index in [-0.39, 0.29) is 13.2 Å². The quantitative estimate of drug-likeness (QED) is 0.761. The van der Waals surface area contributed by atoms with Crippen molar-refractivity contribution in [3.63, 3.8) is 0 Å². The van der Waals surface area contributed by atoms with Crippen LogP contribution in [-0.4, -0.2) is 34.0 Å². The van der Waals surface area contributed by atoms with Crippen molar-refractivity contribution in [3.05, 3.63) is 18.2 Å². The van der Waals surface area contributed by atoms with Crippen LogP contribution in [0.2, 0.25) is 0 Å². The summed E-state index contributed by atoms with van der Waals surface area (Å²) >= 11 is 0. The molecular formula is C9H13F3N2O2. The molecule has 4 nitrogen and oxygen atoms in total. The first-order chi connectivity index (χ1) is 7.53. The molecule has 0 saturated heterocycles. The van der Waals surface area contributed by atoms with Crippen molar-refractivity contribution >= 4 is 0 Å². The van der Waals surface area contributed by atoms with E-state index in [4.69, 9.17) is 5.11 Å². The fourth-order valence-electron chi connectivity index (χ4n) is 1.22. The van der Waals surface area contributed by atoms with Crippen molar-refractivity contribution < 1.29 is 23.0 Å². The first kappa shape index (κ1) is 13.0. The van der Waals surface area contributed by atoms with Crippen molar-refractivity contribution in [1.82, 2.24) is 9.55 Å². The summed E-state index contributed by atoms with van der Waals surface area (Å²) in [6.07, 6.45) is -0.637. The number of alkyl halides is 3. The second-order valence-corrected chi connectivity index (χ2v) is 3.22. The zero-order valence-corrected chi connectivity index (χ0v) is 8.57. The van der Waals surface area contributed by atoms with E-state index in [1.54, 1.807) is 10.8 Å². The molecule has 0 fully saturated rings. The number of aliphatic hydroxyl groups excluding tert-OH is 1. The molecule has 16 heavy (non-hydrogen) atoms. The van der Waals surface area contributed by atoms with E-state index in [2.05, 4.69) is 9.72 Å². The van der Waals surface area contributed by atoms with E-state index in [1.807, 2.05) is 0 Å². The van der Waals surface area contributed by atoms with E-state index < -0.39 is 12.8 Å². The minimum Gasteiger partial charge on any atom is -0.388 e. The summed E-state index contributed by atoms with van der Waals surface area (Å²) < 4.78 is 41.2. The Labute approximate surface area is 90.7 Å². The molecule has 0 aliphatic carbocycles. The third-order valence-electron chi connectivity index (χ3n) is 1.90. The number of hydrogen-bond acceptors (Lipinski definition) is 3. The summed E-state index contributed by atoms with van der Waals surface area (Å²) in [7, 11) is 0. The average molecular weight is 238 g/mol. The molecule has 1 heterocycles. The van der Waals surface area contributed by atoms with Gasteiger partial charge in [0.2, 0.25) is 0 Å². The third kappa shape index (κ3) is 4.63. The molecule has 0 radical (unpaired) electrons. The number of halogens is 3. The van der Waals surface area contributed by atoms with Crippen LogP contribution in [-0.2, 0) is 17.9 Å². The molecule has 0 unspecified atom stereocenters. The van der Waals surface area contributed by atoms with Crippen molar-refractivity contribution in [3.8, 4) is 0 Å². The SMILES string of the molecule is OCc1nccn1CCCOCC(F)(F)F. The van der Waals surface area contributed by atoms with Crippen LogP contribution in [0, 0.1) is 0 Å². The summed E-state index contributed by atoms with van der Waals surface area (Å²) in [6.45, 7) is -0.892. The normalized spacial score (nSPS) is 12.0. The molecule has 0 bridgehead atoms. The first-order valence-corrected chi connectivity index (χ1v) is 4.78. The zero-order valence-electron chi connectivity index (χ0n) is 8.57. The monoisotopic (exact) mass is 238 g/mol. The Hall–Kier alpha value is -1.08. The maximum Gasteiger partial charge on any atom is 0.411 e. The zero-order chi connectivity index (χ0) is 12.0.